The van der Waals surface area contributed by atoms with Crippen LogP contribution in [0.2, 0.25) is 0 Å². The molecular weight excluding hydrogens is 364 g/mol. The molecule has 1 aromatic carbocycles. The van der Waals surface area contributed by atoms with E-state index >= 15 is 0 Å². The van der Waals surface area contributed by atoms with Crippen molar-refractivity contribution in [2.75, 3.05) is 18.8 Å². The zero-order valence-electron chi connectivity index (χ0n) is 11.5. The third kappa shape index (κ3) is 5.95. The highest BCUT2D eigenvalue weighted by atomic mass is 32.2. The van der Waals surface area contributed by atoms with Crippen molar-refractivity contribution in [3.8, 4) is 23.0 Å². The van der Waals surface area contributed by atoms with Gasteiger partial charge in [0.2, 0.25) is 11.5 Å². The molecule has 0 atom stereocenters. The molecule has 0 spiro atoms. The molecule has 1 rings (SSSR count). The Morgan fingerprint density at radius 2 is 1.14 bits per heavy atom. The fraction of sp³-hybridized carbons (Fsp3) is 0.333. The summed E-state index contributed by atoms with van der Waals surface area (Å²) in [4.78, 5) is 0. The second-order valence-electron chi connectivity index (χ2n) is 4.10. The van der Waals surface area contributed by atoms with Crippen LogP contribution in [-0.2, 0) is 30.4 Å². The quantitative estimate of drug-likeness (QED) is 0.638. The van der Waals surface area contributed by atoms with Crippen molar-refractivity contribution in [3.63, 3.8) is 0 Å². The number of benzene rings is 1. The minimum Gasteiger partial charge on any atom is -0.504 e. The van der Waals surface area contributed by atoms with E-state index in [0.29, 0.717) is 18.8 Å². The van der Waals surface area contributed by atoms with Crippen LogP contribution in [0, 0.1) is 0 Å². The molecule has 0 unspecified atom stereocenters. The Kier molecular flexibility index (Phi) is 4.84. The van der Waals surface area contributed by atoms with E-state index in [9.17, 15) is 30.4 Å². The Morgan fingerprint density at radius 3 is 1.55 bits per heavy atom. The highest BCUT2D eigenvalue weighted by molar-refractivity contribution is 7.87. The number of aromatic hydroxyl groups is 1. The normalized spacial score (nSPS) is 12.7. The lowest BCUT2D eigenvalue weighted by atomic mass is 10.3. The highest BCUT2D eigenvalue weighted by Gasteiger charge is 2.26. The van der Waals surface area contributed by atoms with E-state index in [-0.39, 0.29) is 0 Å². The fourth-order valence-corrected chi connectivity index (χ4v) is 2.61. The van der Waals surface area contributed by atoms with Crippen molar-refractivity contribution in [2.45, 2.75) is 0 Å². The number of hydrogen-bond donors (Lipinski definition) is 1. The Hall–Kier alpha value is -1.73. The largest absolute Gasteiger partial charge is 0.504 e. The molecular formula is C9H12O10S3. The van der Waals surface area contributed by atoms with Crippen LogP contribution in [0.25, 0.3) is 0 Å². The van der Waals surface area contributed by atoms with E-state index < -0.39 is 53.4 Å². The summed E-state index contributed by atoms with van der Waals surface area (Å²) < 4.78 is 80.5. The SMILES string of the molecule is CS(=O)(=O)Oc1ccc(O)c(OS(C)(=O)=O)c1OS(C)(=O)=O. The first-order valence-electron chi connectivity index (χ1n) is 5.22. The van der Waals surface area contributed by atoms with Gasteiger partial charge in [-0.2, -0.15) is 25.3 Å². The van der Waals surface area contributed by atoms with Crippen molar-refractivity contribution in [1.29, 1.82) is 0 Å². The first-order chi connectivity index (χ1) is 9.68. The average molecular weight is 376 g/mol. The lowest BCUT2D eigenvalue weighted by molar-refractivity contribution is 0.403. The standard InChI is InChI=1S/C9H12O10S3/c1-20(11,12)17-7-5-4-6(10)8(18-21(2,13)14)9(7)19-22(3,15)16/h4-5,10H,1-3H3. The Labute approximate surface area is 127 Å². The smallest absolute Gasteiger partial charge is 0.306 e. The van der Waals surface area contributed by atoms with Crippen LogP contribution in [0.15, 0.2) is 12.1 Å². The van der Waals surface area contributed by atoms with E-state index in [1.54, 1.807) is 0 Å². The number of phenols is 1. The zero-order valence-corrected chi connectivity index (χ0v) is 14.0. The van der Waals surface area contributed by atoms with E-state index in [4.69, 9.17) is 0 Å². The molecule has 0 aliphatic carbocycles. The van der Waals surface area contributed by atoms with Gasteiger partial charge < -0.3 is 17.7 Å². The topological polar surface area (TPSA) is 150 Å². The third-order valence-corrected chi connectivity index (χ3v) is 3.19. The molecule has 0 fully saturated rings. The van der Waals surface area contributed by atoms with Gasteiger partial charge in [-0.15, -0.1) is 0 Å². The molecule has 0 aromatic heterocycles. The molecule has 0 saturated heterocycles. The van der Waals surface area contributed by atoms with Crippen LogP contribution in [0.1, 0.15) is 0 Å². The lowest BCUT2D eigenvalue weighted by Crippen LogP contribution is -2.13. The predicted molar refractivity (Wildman–Crippen MR) is 74.5 cm³/mol. The summed E-state index contributed by atoms with van der Waals surface area (Å²) in [6.45, 7) is 0. The molecule has 0 aliphatic heterocycles. The molecule has 0 saturated carbocycles. The van der Waals surface area contributed by atoms with E-state index in [1.165, 1.54) is 0 Å². The minimum absolute atomic E-state index is 0.617. The van der Waals surface area contributed by atoms with Crippen molar-refractivity contribution in [2.24, 2.45) is 0 Å². The fourth-order valence-electron chi connectivity index (χ4n) is 1.23. The van der Waals surface area contributed by atoms with Gasteiger partial charge in [0, 0.05) is 0 Å². The van der Waals surface area contributed by atoms with Gasteiger partial charge in [0.1, 0.15) is 0 Å². The average Bonchev–Trinajstić information content (AvgIpc) is 2.22. The monoisotopic (exact) mass is 376 g/mol. The summed E-state index contributed by atoms with van der Waals surface area (Å²) >= 11 is 0. The molecule has 0 aliphatic rings. The number of rotatable bonds is 6. The Balaban J connectivity index is 3.62. The number of hydrogen-bond acceptors (Lipinski definition) is 10. The van der Waals surface area contributed by atoms with Crippen molar-refractivity contribution < 1.29 is 42.9 Å². The van der Waals surface area contributed by atoms with Crippen LogP contribution in [0.4, 0.5) is 0 Å². The van der Waals surface area contributed by atoms with E-state index in [0.717, 1.165) is 12.1 Å². The minimum atomic E-state index is -4.21. The molecule has 1 N–H and O–H groups in total. The molecule has 126 valence electrons. The van der Waals surface area contributed by atoms with Gasteiger partial charge in [-0.1, -0.05) is 0 Å². The molecule has 0 amide bonds. The van der Waals surface area contributed by atoms with Gasteiger partial charge in [0.25, 0.3) is 0 Å². The van der Waals surface area contributed by atoms with Crippen molar-refractivity contribution in [1.82, 2.24) is 0 Å². The predicted octanol–water partition coefficient (Wildman–Crippen LogP) is -0.593. The first kappa shape index (κ1) is 18.3. The molecule has 0 radical (unpaired) electrons. The number of phenolic OH excluding ortho intramolecular Hbond substituents is 1. The van der Waals surface area contributed by atoms with Crippen molar-refractivity contribution in [3.05, 3.63) is 12.1 Å². The molecule has 10 nitrogen and oxygen atoms in total. The van der Waals surface area contributed by atoms with Gasteiger partial charge in [-0.25, -0.2) is 0 Å². The molecule has 0 bridgehead atoms. The van der Waals surface area contributed by atoms with Gasteiger partial charge in [-0.3, -0.25) is 0 Å². The van der Waals surface area contributed by atoms with Crippen LogP contribution >= 0.6 is 0 Å². The van der Waals surface area contributed by atoms with Crippen LogP contribution in [-0.4, -0.2) is 49.1 Å². The van der Waals surface area contributed by atoms with E-state index in [2.05, 4.69) is 12.5 Å². The van der Waals surface area contributed by atoms with Crippen LogP contribution in [0.3, 0.4) is 0 Å². The second-order valence-corrected chi connectivity index (χ2v) is 8.83. The van der Waals surface area contributed by atoms with Gasteiger partial charge in [0.05, 0.1) is 18.8 Å². The summed E-state index contributed by atoms with van der Waals surface area (Å²) in [5.74, 6) is -3.32. The Morgan fingerprint density at radius 1 is 0.727 bits per heavy atom. The summed E-state index contributed by atoms with van der Waals surface area (Å²) in [6.07, 6.45) is 1.91. The first-order valence-corrected chi connectivity index (χ1v) is 10.7. The van der Waals surface area contributed by atoms with Crippen LogP contribution < -0.4 is 12.5 Å². The molecule has 13 heteroatoms. The van der Waals surface area contributed by atoms with E-state index in [1.807, 2.05) is 0 Å². The summed E-state index contributed by atoms with van der Waals surface area (Å²) in [5.41, 5.74) is 0. The lowest BCUT2D eigenvalue weighted by Gasteiger charge is -2.14. The molecule has 1 aromatic rings. The maximum absolute atomic E-state index is 11.2. The van der Waals surface area contributed by atoms with Gasteiger partial charge in [0.15, 0.2) is 11.5 Å². The van der Waals surface area contributed by atoms with Crippen molar-refractivity contribution >= 4 is 30.4 Å². The molecule has 0 heterocycles. The zero-order chi connectivity index (χ0) is 17.3. The summed E-state index contributed by atoms with van der Waals surface area (Å²) in [5, 5.41) is 9.61. The summed E-state index contributed by atoms with van der Waals surface area (Å²) in [6, 6.07) is 1.71. The third-order valence-electron chi connectivity index (χ3n) is 1.77. The summed E-state index contributed by atoms with van der Waals surface area (Å²) in [7, 11) is -12.5. The van der Waals surface area contributed by atoms with Gasteiger partial charge in [-0.05, 0) is 12.1 Å². The van der Waals surface area contributed by atoms with Crippen LogP contribution in [0.5, 0.6) is 23.0 Å². The maximum Gasteiger partial charge on any atom is 0.306 e. The second kappa shape index (κ2) is 5.81. The highest BCUT2D eigenvalue weighted by Crippen LogP contribution is 2.45. The maximum atomic E-state index is 11.2. The van der Waals surface area contributed by atoms with Gasteiger partial charge >= 0.3 is 30.4 Å². The molecule has 22 heavy (non-hydrogen) atoms. The Bertz CT molecular complexity index is 880.